The minimum Gasteiger partial charge on any atom is -0.490 e. The largest absolute Gasteiger partial charge is 0.490 e. The van der Waals surface area contributed by atoms with Crippen LogP contribution >= 0.6 is 0 Å². The first-order valence-corrected chi connectivity index (χ1v) is 12.7. The third-order valence-corrected chi connectivity index (χ3v) is 10.2. The molecule has 0 unspecified atom stereocenters. The van der Waals surface area contributed by atoms with Gasteiger partial charge in [0.1, 0.15) is 41.2 Å². The summed E-state index contributed by atoms with van der Waals surface area (Å²) in [7, 11) is -1.91. The molecule has 0 saturated heterocycles. The van der Waals surface area contributed by atoms with Crippen molar-refractivity contribution in [1.29, 1.82) is 0 Å². The molecule has 0 aliphatic rings. The van der Waals surface area contributed by atoms with Gasteiger partial charge in [-0.3, -0.25) is 0 Å². The summed E-state index contributed by atoms with van der Waals surface area (Å²) in [5.41, 5.74) is -2.65. The third kappa shape index (κ3) is 5.85. The lowest BCUT2D eigenvalue weighted by atomic mass is 10.1. The Morgan fingerprint density at radius 1 is 1.03 bits per heavy atom. The number of rotatable bonds is 10. The summed E-state index contributed by atoms with van der Waals surface area (Å²) >= 11 is 0. The molecule has 0 atom stereocenters. The Balaban J connectivity index is 2.27. The van der Waals surface area contributed by atoms with Crippen LogP contribution in [0.1, 0.15) is 45.1 Å². The molecule has 0 amide bonds. The Kier molecular flexibility index (Phi) is 7.88. The molecule has 2 rings (SSSR count). The monoisotopic (exact) mass is 455 g/mol. The Morgan fingerprint density at radius 2 is 1.58 bits per heavy atom. The molecular weight excluding hydrogens is 427 g/mol. The van der Waals surface area contributed by atoms with E-state index in [-0.39, 0.29) is 12.4 Å². The van der Waals surface area contributed by atoms with Crippen molar-refractivity contribution < 1.29 is 32.2 Å². The molecule has 0 bridgehead atoms. The number of aromatic carboxylic acids is 1. The lowest BCUT2D eigenvalue weighted by Gasteiger charge is -2.38. The molecule has 0 aliphatic carbocycles. The van der Waals surface area contributed by atoms with Crippen molar-refractivity contribution in [3.05, 3.63) is 47.4 Å². The summed E-state index contributed by atoms with van der Waals surface area (Å²) in [5.74, 6) is -4.77. The fourth-order valence-electron chi connectivity index (χ4n) is 3.44. The van der Waals surface area contributed by atoms with Crippen molar-refractivity contribution in [1.82, 2.24) is 4.98 Å². The molecule has 9 heteroatoms. The van der Waals surface area contributed by atoms with E-state index in [1.807, 2.05) is 13.8 Å². The molecule has 0 radical (unpaired) electrons. The number of nitrogens with zero attached hydrogens (tertiary/aromatic N) is 1. The van der Waals surface area contributed by atoms with Gasteiger partial charge in [0.2, 0.25) is 0 Å². The highest BCUT2D eigenvalue weighted by Gasteiger charge is 2.36. The molecule has 0 saturated carbocycles. The first-order chi connectivity index (χ1) is 14.5. The highest BCUT2D eigenvalue weighted by molar-refractivity contribution is 6.73. The average molecular weight is 456 g/mol. The minimum absolute atomic E-state index is 0.0705. The number of benzene rings is 1. The minimum atomic E-state index is -1.91. The summed E-state index contributed by atoms with van der Waals surface area (Å²) in [6.07, 6.45) is 0. The number of carboxylic acids is 1. The molecule has 0 fully saturated rings. The predicted octanol–water partition coefficient (Wildman–Crippen LogP) is 6.04. The van der Waals surface area contributed by atoms with E-state index in [0.717, 1.165) is 42.4 Å². The van der Waals surface area contributed by atoms with E-state index >= 15 is 0 Å². The van der Waals surface area contributed by atoms with Crippen molar-refractivity contribution in [2.75, 3.05) is 6.61 Å². The van der Waals surface area contributed by atoms with Gasteiger partial charge in [0.15, 0.2) is 8.32 Å². The van der Waals surface area contributed by atoms with E-state index in [2.05, 4.69) is 25.8 Å². The maximum atomic E-state index is 14.7. The Morgan fingerprint density at radius 3 is 2.06 bits per heavy atom. The van der Waals surface area contributed by atoms with E-state index in [1.165, 1.54) is 0 Å². The van der Waals surface area contributed by atoms with E-state index in [0.29, 0.717) is 0 Å². The second-order valence-corrected chi connectivity index (χ2v) is 12.7. The molecule has 170 valence electrons. The van der Waals surface area contributed by atoms with Crippen LogP contribution in [0.2, 0.25) is 18.1 Å². The smallest absolute Gasteiger partial charge is 0.354 e. The summed E-state index contributed by atoms with van der Waals surface area (Å²) in [5, 5.41) is 9.01. The van der Waals surface area contributed by atoms with Crippen LogP contribution in [-0.2, 0) is 4.43 Å². The summed E-state index contributed by atoms with van der Waals surface area (Å²) in [4.78, 5) is 14.6. The van der Waals surface area contributed by atoms with Gasteiger partial charge in [-0.15, -0.1) is 0 Å². The molecule has 1 aromatic carbocycles. The van der Waals surface area contributed by atoms with E-state index in [9.17, 15) is 18.0 Å². The zero-order chi connectivity index (χ0) is 23.4. The van der Waals surface area contributed by atoms with Crippen LogP contribution in [0.3, 0.4) is 0 Å². The van der Waals surface area contributed by atoms with Gasteiger partial charge < -0.3 is 14.3 Å². The number of carbonyl (C=O) groups is 1. The van der Waals surface area contributed by atoms with Crippen molar-refractivity contribution in [2.24, 2.45) is 0 Å². The fourth-order valence-corrected chi connectivity index (χ4v) is 6.60. The SMILES string of the molecule is CC[Si](CC)(CC)OC(C)(C)COc1cc(F)c(-c2nc(C(=O)O)ccc2F)c(F)c1. The normalized spacial score (nSPS) is 12.1. The maximum Gasteiger partial charge on any atom is 0.354 e. The standard InChI is InChI=1S/C22H28F3NO4Si/c1-6-31(7-2,8-3)30-22(4,5)13-29-14-11-16(24)19(17(25)12-14)20-15(23)9-10-18(26-20)21(27)28/h9-12H,6-8,13H2,1-5H3,(H,27,28). The van der Waals surface area contributed by atoms with Crippen LogP contribution in [0, 0.1) is 17.5 Å². The van der Waals surface area contributed by atoms with Crippen molar-refractivity contribution in [3.8, 4) is 17.0 Å². The highest BCUT2D eigenvalue weighted by atomic mass is 28.4. The van der Waals surface area contributed by atoms with Gasteiger partial charge in [-0.1, -0.05) is 20.8 Å². The van der Waals surface area contributed by atoms with Crippen LogP contribution in [0.15, 0.2) is 24.3 Å². The molecule has 2 aromatic rings. The molecule has 0 spiro atoms. The van der Waals surface area contributed by atoms with Gasteiger partial charge in [-0.05, 0) is 44.1 Å². The van der Waals surface area contributed by atoms with Crippen LogP contribution in [0.5, 0.6) is 5.75 Å². The van der Waals surface area contributed by atoms with E-state index in [4.69, 9.17) is 14.3 Å². The van der Waals surface area contributed by atoms with E-state index in [1.54, 1.807) is 0 Å². The van der Waals surface area contributed by atoms with Gasteiger partial charge >= 0.3 is 5.97 Å². The molecule has 1 aromatic heterocycles. The number of carboxylic acid groups (broad SMARTS) is 1. The summed E-state index contributed by atoms with van der Waals surface area (Å²) in [6, 6.07) is 6.43. The quantitative estimate of drug-likeness (QED) is 0.442. The number of pyridine rings is 1. The lowest BCUT2D eigenvalue weighted by Crippen LogP contribution is -2.47. The predicted molar refractivity (Wildman–Crippen MR) is 114 cm³/mol. The number of halogens is 3. The lowest BCUT2D eigenvalue weighted by molar-refractivity contribution is 0.0412. The Labute approximate surface area is 181 Å². The second kappa shape index (κ2) is 9.82. The number of hydrogen-bond donors (Lipinski definition) is 1. The molecule has 1 heterocycles. The Hall–Kier alpha value is -2.39. The van der Waals surface area contributed by atoms with Crippen LogP contribution in [0.4, 0.5) is 13.2 Å². The third-order valence-electron chi connectivity index (χ3n) is 5.33. The second-order valence-electron chi connectivity index (χ2n) is 7.99. The first-order valence-electron chi connectivity index (χ1n) is 10.2. The molecule has 31 heavy (non-hydrogen) atoms. The van der Waals surface area contributed by atoms with Crippen molar-refractivity contribution in [2.45, 2.75) is 58.4 Å². The van der Waals surface area contributed by atoms with Crippen molar-refractivity contribution >= 4 is 14.3 Å². The summed E-state index contributed by atoms with van der Waals surface area (Å²) in [6.45, 7) is 10.1. The summed E-state index contributed by atoms with van der Waals surface area (Å²) < 4.78 is 55.5. The fraction of sp³-hybridized carbons (Fsp3) is 0.455. The van der Waals surface area contributed by atoms with Crippen LogP contribution < -0.4 is 4.74 Å². The first kappa shape index (κ1) is 24.9. The number of hydrogen-bond acceptors (Lipinski definition) is 4. The number of ether oxygens (including phenoxy) is 1. The highest BCUT2D eigenvalue weighted by Crippen LogP contribution is 2.32. The Bertz CT molecular complexity index is 917. The van der Waals surface area contributed by atoms with Gasteiger partial charge in [0.05, 0.1) is 11.2 Å². The molecule has 1 N–H and O–H groups in total. The zero-order valence-corrected chi connectivity index (χ0v) is 19.4. The van der Waals surface area contributed by atoms with Gasteiger partial charge in [-0.2, -0.15) is 0 Å². The molecule has 0 aliphatic heterocycles. The zero-order valence-electron chi connectivity index (χ0n) is 18.4. The van der Waals surface area contributed by atoms with E-state index < -0.39 is 54.3 Å². The molecule has 5 nitrogen and oxygen atoms in total. The number of aromatic nitrogens is 1. The van der Waals surface area contributed by atoms with Gasteiger partial charge in [0, 0.05) is 12.1 Å². The van der Waals surface area contributed by atoms with Gasteiger partial charge in [-0.25, -0.2) is 22.9 Å². The van der Waals surface area contributed by atoms with Crippen LogP contribution in [-0.4, -0.2) is 36.6 Å². The average Bonchev–Trinajstić information content (AvgIpc) is 2.71. The topological polar surface area (TPSA) is 68.7 Å². The van der Waals surface area contributed by atoms with Crippen molar-refractivity contribution in [3.63, 3.8) is 0 Å². The van der Waals surface area contributed by atoms with Crippen LogP contribution in [0.25, 0.3) is 11.3 Å². The molecular formula is C22H28F3NO4Si. The van der Waals surface area contributed by atoms with Gasteiger partial charge in [0.25, 0.3) is 0 Å². The maximum absolute atomic E-state index is 14.7.